The van der Waals surface area contributed by atoms with E-state index < -0.39 is 0 Å². The number of benzene rings is 1. The first-order valence-corrected chi connectivity index (χ1v) is 10.2. The van der Waals surface area contributed by atoms with Crippen LogP contribution in [0.15, 0.2) is 30.6 Å². The molecular weight excluding hydrogens is 370 g/mol. The van der Waals surface area contributed by atoms with Crippen LogP contribution in [0.4, 0.5) is 11.5 Å². The maximum atomic E-state index is 13.0. The van der Waals surface area contributed by atoms with Gasteiger partial charge in [-0.1, -0.05) is 12.1 Å². The van der Waals surface area contributed by atoms with Crippen molar-refractivity contribution in [3.05, 3.63) is 41.7 Å². The minimum atomic E-state index is -0.227. The molecule has 2 fully saturated rings. The molecule has 8 nitrogen and oxygen atoms in total. The quantitative estimate of drug-likeness (QED) is 0.794. The molecule has 2 aromatic rings. The number of ether oxygens (including phenoxy) is 2. The second-order valence-electron chi connectivity index (χ2n) is 7.88. The van der Waals surface area contributed by atoms with Crippen LogP contribution in [-0.2, 0) is 4.74 Å². The SMILES string of the molecule is CC1OC1N1CCC(c2ccc(N3CCOc4ncnc(N)c4C3=O)cc2)CC1. The highest BCUT2D eigenvalue weighted by Crippen LogP contribution is 2.35. The fourth-order valence-corrected chi connectivity index (χ4v) is 4.38. The summed E-state index contributed by atoms with van der Waals surface area (Å²) in [5.41, 5.74) is 8.30. The van der Waals surface area contributed by atoms with E-state index in [0.29, 0.717) is 31.4 Å². The van der Waals surface area contributed by atoms with E-state index in [4.69, 9.17) is 15.2 Å². The zero-order chi connectivity index (χ0) is 20.0. The molecule has 152 valence electrons. The minimum absolute atomic E-state index is 0.143. The summed E-state index contributed by atoms with van der Waals surface area (Å²) in [7, 11) is 0. The molecule has 0 radical (unpaired) electrons. The highest BCUT2D eigenvalue weighted by Gasteiger charge is 2.41. The van der Waals surface area contributed by atoms with Gasteiger partial charge in [0.25, 0.3) is 5.91 Å². The summed E-state index contributed by atoms with van der Waals surface area (Å²) < 4.78 is 11.2. The first-order chi connectivity index (χ1) is 14.1. The van der Waals surface area contributed by atoms with Gasteiger partial charge in [-0.15, -0.1) is 0 Å². The monoisotopic (exact) mass is 395 g/mol. The standard InChI is InChI=1S/C21H25N5O3/c1-13-21(29-13)25-8-6-15(7-9-25)14-2-4-16(5-3-14)26-10-11-28-19-17(20(26)27)18(22)23-12-24-19/h2-5,12-13,15,21H,6-11H2,1H3,(H2,22,23,24). The zero-order valence-electron chi connectivity index (χ0n) is 16.5. The van der Waals surface area contributed by atoms with E-state index in [0.717, 1.165) is 31.6 Å². The first-order valence-electron chi connectivity index (χ1n) is 10.2. The zero-order valence-corrected chi connectivity index (χ0v) is 16.5. The molecule has 4 heterocycles. The van der Waals surface area contributed by atoms with E-state index in [1.54, 1.807) is 4.90 Å². The Morgan fingerprint density at radius 2 is 1.83 bits per heavy atom. The number of epoxide rings is 1. The van der Waals surface area contributed by atoms with Crippen molar-refractivity contribution in [2.75, 3.05) is 36.9 Å². The third kappa shape index (κ3) is 3.42. The molecule has 1 aromatic heterocycles. The van der Waals surface area contributed by atoms with Crippen molar-refractivity contribution < 1.29 is 14.3 Å². The van der Waals surface area contributed by atoms with E-state index in [1.165, 1.54) is 11.9 Å². The summed E-state index contributed by atoms with van der Waals surface area (Å²) in [5.74, 6) is 0.712. The number of fused-ring (bicyclic) bond motifs is 1. The lowest BCUT2D eigenvalue weighted by Crippen LogP contribution is -2.36. The molecule has 8 heteroatoms. The van der Waals surface area contributed by atoms with Crippen molar-refractivity contribution in [1.82, 2.24) is 14.9 Å². The van der Waals surface area contributed by atoms with Gasteiger partial charge < -0.3 is 20.1 Å². The number of amides is 1. The van der Waals surface area contributed by atoms with E-state index in [9.17, 15) is 4.79 Å². The molecule has 0 bridgehead atoms. The second kappa shape index (κ2) is 7.27. The van der Waals surface area contributed by atoms with E-state index in [2.05, 4.69) is 33.9 Å². The molecule has 2 atom stereocenters. The van der Waals surface area contributed by atoms with E-state index >= 15 is 0 Å². The number of likely N-dealkylation sites (tertiary alicyclic amines) is 1. The number of nitrogen functional groups attached to an aromatic ring is 1. The third-order valence-electron chi connectivity index (χ3n) is 6.10. The molecule has 29 heavy (non-hydrogen) atoms. The number of aromatic nitrogens is 2. The minimum Gasteiger partial charge on any atom is -0.475 e. The number of hydrogen-bond donors (Lipinski definition) is 1. The summed E-state index contributed by atoms with van der Waals surface area (Å²) in [4.78, 5) is 25.2. The lowest BCUT2D eigenvalue weighted by atomic mass is 9.89. The van der Waals surface area contributed by atoms with Crippen LogP contribution < -0.4 is 15.4 Å². The molecule has 1 amide bonds. The van der Waals surface area contributed by atoms with Crippen molar-refractivity contribution in [2.45, 2.75) is 38.0 Å². The second-order valence-corrected chi connectivity index (χ2v) is 7.88. The van der Waals surface area contributed by atoms with Crippen molar-refractivity contribution in [3.8, 4) is 5.88 Å². The molecule has 5 rings (SSSR count). The number of carbonyl (C=O) groups excluding carboxylic acids is 1. The number of nitrogens with zero attached hydrogens (tertiary/aromatic N) is 4. The molecule has 0 spiro atoms. The van der Waals surface area contributed by atoms with Crippen molar-refractivity contribution >= 4 is 17.4 Å². The summed E-state index contributed by atoms with van der Waals surface area (Å²) in [5, 5.41) is 0. The Balaban J connectivity index is 1.30. The van der Waals surface area contributed by atoms with Gasteiger partial charge in [0.15, 0.2) is 0 Å². The Morgan fingerprint density at radius 1 is 1.10 bits per heavy atom. The largest absolute Gasteiger partial charge is 0.475 e. The average molecular weight is 395 g/mol. The van der Waals surface area contributed by atoms with Crippen LogP contribution in [0, 0.1) is 0 Å². The number of piperidine rings is 1. The lowest BCUT2D eigenvalue weighted by molar-refractivity contribution is 0.0990. The number of rotatable bonds is 3. The van der Waals surface area contributed by atoms with Crippen LogP contribution in [0.5, 0.6) is 5.88 Å². The van der Waals surface area contributed by atoms with Crippen LogP contribution in [-0.4, -0.2) is 59.3 Å². The van der Waals surface area contributed by atoms with Crippen molar-refractivity contribution in [1.29, 1.82) is 0 Å². The van der Waals surface area contributed by atoms with Gasteiger partial charge >= 0.3 is 0 Å². The molecule has 3 aliphatic rings. The number of nitrogens with two attached hydrogens (primary N) is 1. The Bertz CT molecular complexity index is 911. The molecular formula is C21H25N5O3. The summed E-state index contributed by atoms with van der Waals surface area (Å²) in [6.07, 6.45) is 4.28. The molecule has 2 unspecified atom stereocenters. The molecule has 2 N–H and O–H groups in total. The molecule has 2 saturated heterocycles. The van der Waals surface area contributed by atoms with E-state index in [-0.39, 0.29) is 23.2 Å². The van der Waals surface area contributed by atoms with E-state index in [1.807, 2.05) is 12.1 Å². The van der Waals surface area contributed by atoms with Crippen LogP contribution in [0.25, 0.3) is 0 Å². The lowest BCUT2D eigenvalue weighted by Gasteiger charge is -2.31. The highest BCUT2D eigenvalue weighted by molar-refractivity contribution is 6.10. The normalized spacial score (nSPS) is 25.3. The van der Waals surface area contributed by atoms with Crippen LogP contribution in [0.2, 0.25) is 0 Å². The fourth-order valence-electron chi connectivity index (χ4n) is 4.38. The van der Waals surface area contributed by atoms with Gasteiger partial charge in [-0.2, -0.15) is 0 Å². The van der Waals surface area contributed by atoms with Gasteiger partial charge in [-0.25, -0.2) is 9.97 Å². The maximum absolute atomic E-state index is 13.0. The van der Waals surface area contributed by atoms with Gasteiger partial charge in [0.1, 0.15) is 30.5 Å². The van der Waals surface area contributed by atoms with Crippen molar-refractivity contribution in [2.24, 2.45) is 0 Å². The predicted molar refractivity (Wildman–Crippen MR) is 108 cm³/mol. The number of anilines is 2. The molecule has 1 aromatic carbocycles. The number of hydrogen-bond acceptors (Lipinski definition) is 7. The fraction of sp³-hybridized carbons (Fsp3) is 0.476. The Hall–Kier alpha value is -2.71. The Morgan fingerprint density at radius 3 is 2.52 bits per heavy atom. The van der Waals surface area contributed by atoms with Gasteiger partial charge in [0.05, 0.1) is 12.6 Å². The summed E-state index contributed by atoms with van der Waals surface area (Å²) in [6, 6.07) is 8.29. The van der Waals surface area contributed by atoms with Gasteiger partial charge in [-0.3, -0.25) is 9.69 Å². The van der Waals surface area contributed by atoms with Gasteiger partial charge in [0, 0.05) is 18.8 Å². The third-order valence-corrected chi connectivity index (χ3v) is 6.10. The van der Waals surface area contributed by atoms with Crippen molar-refractivity contribution in [3.63, 3.8) is 0 Å². The first kappa shape index (κ1) is 18.3. The summed E-state index contributed by atoms with van der Waals surface area (Å²) in [6.45, 7) is 5.06. The topological polar surface area (TPSA) is 97.1 Å². The Kier molecular flexibility index (Phi) is 4.60. The van der Waals surface area contributed by atoms with Crippen LogP contribution in [0.1, 0.15) is 41.6 Å². The molecule has 0 saturated carbocycles. The molecule has 3 aliphatic heterocycles. The highest BCUT2D eigenvalue weighted by atomic mass is 16.6. The Labute approximate surface area is 169 Å². The average Bonchev–Trinajstić information content (AvgIpc) is 3.50. The predicted octanol–water partition coefficient (Wildman–Crippen LogP) is 2.02. The number of carbonyl (C=O) groups is 1. The van der Waals surface area contributed by atoms with Gasteiger partial charge in [-0.05, 0) is 43.4 Å². The van der Waals surface area contributed by atoms with Crippen LogP contribution >= 0.6 is 0 Å². The van der Waals surface area contributed by atoms with Crippen LogP contribution in [0.3, 0.4) is 0 Å². The van der Waals surface area contributed by atoms with Gasteiger partial charge in [0.2, 0.25) is 5.88 Å². The smallest absolute Gasteiger partial charge is 0.267 e. The molecule has 0 aliphatic carbocycles. The maximum Gasteiger partial charge on any atom is 0.267 e. The summed E-state index contributed by atoms with van der Waals surface area (Å²) >= 11 is 0.